The van der Waals surface area contributed by atoms with Crippen molar-refractivity contribution in [1.29, 1.82) is 0 Å². The molecule has 0 aliphatic heterocycles. The van der Waals surface area contributed by atoms with Gasteiger partial charge in [-0.3, -0.25) is 0 Å². The summed E-state index contributed by atoms with van der Waals surface area (Å²) in [6, 6.07) is 5.00. The maximum atomic E-state index is 12.6. The highest BCUT2D eigenvalue weighted by atomic mass is 32.2. The third-order valence-corrected chi connectivity index (χ3v) is 4.91. The molecule has 21 heavy (non-hydrogen) atoms. The Bertz CT molecular complexity index is 538. The van der Waals surface area contributed by atoms with Gasteiger partial charge in [0.1, 0.15) is 4.90 Å². The minimum absolute atomic E-state index is 0.135. The second-order valence-corrected chi connectivity index (χ2v) is 7.85. The predicted molar refractivity (Wildman–Crippen MR) is 87.7 cm³/mol. The minimum atomic E-state index is -3.61. The molecular weight excluding hydrogens is 286 g/mol. The number of anilines is 1. The van der Waals surface area contributed by atoms with E-state index in [-0.39, 0.29) is 16.6 Å². The standard InChI is InChI=1S/C15H27N3O2S/c1-11(2)9-13(10-18(4)5)17-21(19,20)15-12(3)7-6-8-14(15)16/h6-8,11,13,17H,9-10,16H2,1-5H3. The number of rotatable bonds is 7. The summed E-state index contributed by atoms with van der Waals surface area (Å²) in [4.78, 5) is 2.18. The van der Waals surface area contributed by atoms with Gasteiger partial charge in [-0.2, -0.15) is 0 Å². The summed E-state index contributed by atoms with van der Waals surface area (Å²) < 4.78 is 28.1. The van der Waals surface area contributed by atoms with Crippen LogP contribution in [0.25, 0.3) is 0 Å². The van der Waals surface area contributed by atoms with E-state index in [9.17, 15) is 8.42 Å². The molecule has 0 fully saturated rings. The number of benzene rings is 1. The molecule has 1 rings (SSSR count). The van der Waals surface area contributed by atoms with E-state index in [1.807, 2.05) is 19.0 Å². The lowest BCUT2D eigenvalue weighted by molar-refractivity contribution is 0.329. The second-order valence-electron chi connectivity index (χ2n) is 6.20. The topological polar surface area (TPSA) is 75.4 Å². The summed E-state index contributed by atoms with van der Waals surface area (Å²) in [5, 5.41) is 0. The number of hydrogen-bond acceptors (Lipinski definition) is 4. The van der Waals surface area contributed by atoms with E-state index in [0.29, 0.717) is 18.0 Å². The molecule has 120 valence electrons. The van der Waals surface area contributed by atoms with Gasteiger partial charge in [0.05, 0.1) is 5.69 Å². The van der Waals surface area contributed by atoms with Gasteiger partial charge in [-0.05, 0) is 45.0 Å². The number of aryl methyl sites for hydroxylation is 1. The molecule has 1 aromatic carbocycles. The van der Waals surface area contributed by atoms with E-state index in [1.54, 1.807) is 25.1 Å². The number of nitrogen functional groups attached to an aromatic ring is 1. The fourth-order valence-electron chi connectivity index (χ4n) is 2.49. The molecule has 0 saturated carbocycles. The summed E-state index contributed by atoms with van der Waals surface area (Å²) in [7, 11) is 0.255. The van der Waals surface area contributed by atoms with Crippen LogP contribution < -0.4 is 10.5 Å². The second kappa shape index (κ2) is 7.24. The van der Waals surface area contributed by atoms with E-state index in [2.05, 4.69) is 18.6 Å². The molecule has 0 aromatic heterocycles. The van der Waals surface area contributed by atoms with E-state index in [4.69, 9.17) is 5.73 Å². The van der Waals surface area contributed by atoms with Crippen LogP contribution in [0.2, 0.25) is 0 Å². The average molecular weight is 313 g/mol. The Kier molecular flexibility index (Phi) is 6.19. The van der Waals surface area contributed by atoms with Gasteiger partial charge in [0.15, 0.2) is 0 Å². The Morgan fingerprint density at radius 3 is 2.38 bits per heavy atom. The van der Waals surface area contributed by atoms with Crippen molar-refractivity contribution in [2.24, 2.45) is 5.92 Å². The van der Waals surface area contributed by atoms with Crippen LogP contribution in [0.4, 0.5) is 5.69 Å². The molecule has 1 atom stereocenters. The Morgan fingerprint density at radius 1 is 1.29 bits per heavy atom. The molecule has 0 spiro atoms. The van der Waals surface area contributed by atoms with Crippen LogP contribution in [0.5, 0.6) is 0 Å². The van der Waals surface area contributed by atoms with E-state index in [0.717, 1.165) is 6.42 Å². The Hall–Kier alpha value is -1.11. The molecule has 6 heteroatoms. The first-order chi connectivity index (χ1) is 9.63. The van der Waals surface area contributed by atoms with Crippen LogP contribution in [0, 0.1) is 12.8 Å². The van der Waals surface area contributed by atoms with Gasteiger partial charge in [0.25, 0.3) is 0 Å². The first-order valence-electron chi connectivity index (χ1n) is 7.15. The smallest absolute Gasteiger partial charge is 0.243 e. The molecule has 0 aliphatic rings. The van der Waals surface area contributed by atoms with Gasteiger partial charge in [-0.25, -0.2) is 13.1 Å². The van der Waals surface area contributed by atoms with Gasteiger partial charge in [0.2, 0.25) is 10.0 Å². The van der Waals surface area contributed by atoms with Gasteiger partial charge >= 0.3 is 0 Å². The van der Waals surface area contributed by atoms with Crippen LogP contribution in [0.1, 0.15) is 25.8 Å². The van der Waals surface area contributed by atoms with E-state index < -0.39 is 10.0 Å². The maximum Gasteiger partial charge on any atom is 0.243 e. The minimum Gasteiger partial charge on any atom is -0.398 e. The van der Waals surface area contributed by atoms with Crippen LogP contribution in [0.3, 0.4) is 0 Å². The van der Waals surface area contributed by atoms with Crippen LogP contribution in [0.15, 0.2) is 23.1 Å². The molecule has 0 aliphatic carbocycles. The summed E-state index contributed by atoms with van der Waals surface area (Å²) in [6.07, 6.45) is 0.781. The highest BCUT2D eigenvalue weighted by Gasteiger charge is 2.24. The maximum absolute atomic E-state index is 12.6. The molecule has 0 bridgehead atoms. The Balaban J connectivity index is 3.05. The lowest BCUT2D eigenvalue weighted by Gasteiger charge is -2.24. The van der Waals surface area contributed by atoms with Crippen molar-refractivity contribution in [1.82, 2.24) is 9.62 Å². The quantitative estimate of drug-likeness (QED) is 0.753. The third-order valence-electron chi connectivity index (χ3n) is 3.17. The summed E-state index contributed by atoms with van der Waals surface area (Å²) in [5.41, 5.74) is 6.81. The van der Waals surface area contributed by atoms with Crippen molar-refractivity contribution in [3.63, 3.8) is 0 Å². The molecule has 0 saturated heterocycles. The van der Waals surface area contributed by atoms with Crippen LogP contribution in [-0.4, -0.2) is 40.0 Å². The number of likely N-dealkylation sites (N-methyl/N-ethyl adjacent to an activating group) is 1. The number of nitrogens with one attached hydrogen (secondary N) is 1. The fourth-order valence-corrected chi connectivity index (χ4v) is 4.09. The number of nitrogens with zero attached hydrogens (tertiary/aromatic N) is 1. The van der Waals surface area contributed by atoms with E-state index >= 15 is 0 Å². The van der Waals surface area contributed by atoms with Crippen LogP contribution in [-0.2, 0) is 10.0 Å². The van der Waals surface area contributed by atoms with Crippen molar-refractivity contribution >= 4 is 15.7 Å². The fraction of sp³-hybridized carbons (Fsp3) is 0.600. The molecular formula is C15H27N3O2S. The number of nitrogens with two attached hydrogens (primary N) is 1. The van der Waals surface area contributed by atoms with Crippen molar-refractivity contribution < 1.29 is 8.42 Å². The summed E-state index contributed by atoms with van der Waals surface area (Å²) in [6.45, 7) is 6.58. The van der Waals surface area contributed by atoms with Crippen molar-refractivity contribution in [3.05, 3.63) is 23.8 Å². The van der Waals surface area contributed by atoms with Crippen molar-refractivity contribution in [2.45, 2.75) is 38.1 Å². The van der Waals surface area contributed by atoms with Gasteiger partial charge in [-0.1, -0.05) is 26.0 Å². The highest BCUT2D eigenvalue weighted by molar-refractivity contribution is 7.89. The normalized spacial score (nSPS) is 13.9. The molecule has 0 amide bonds. The zero-order valence-electron chi connectivity index (χ0n) is 13.6. The van der Waals surface area contributed by atoms with Gasteiger partial charge < -0.3 is 10.6 Å². The summed E-state index contributed by atoms with van der Waals surface area (Å²) in [5.74, 6) is 0.409. The molecule has 5 nitrogen and oxygen atoms in total. The highest BCUT2D eigenvalue weighted by Crippen LogP contribution is 2.23. The zero-order chi connectivity index (χ0) is 16.2. The molecule has 0 radical (unpaired) electrons. The lowest BCUT2D eigenvalue weighted by atomic mass is 10.0. The molecule has 1 aromatic rings. The monoisotopic (exact) mass is 313 g/mol. The molecule has 0 heterocycles. The SMILES string of the molecule is Cc1cccc(N)c1S(=O)(=O)NC(CC(C)C)CN(C)C. The summed E-state index contributed by atoms with van der Waals surface area (Å²) >= 11 is 0. The predicted octanol–water partition coefficient (Wildman–Crippen LogP) is 1.83. The molecule has 3 N–H and O–H groups in total. The van der Waals surface area contributed by atoms with E-state index in [1.165, 1.54) is 0 Å². The zero-order valence-corrected chi connectivity index (χ0v) is 14.4. The lowest BCUT2D eigenvalue weighted by Crippen LogP contribution is -2.42. The van der Waals surface area contributed by atoms with Crippen molar-refractivity contribution in [2.75, 3.05) is 26.4 Å². The number of sulfonamides is 1. The Morgan fingerprint density at radius 2 is 1.90 bits per heavy atom. The first-order valence-corrected chi connectivity index (χ1v) is 8.64. The van der Waals surface area contributed by atoms with Gasteiger partial charge in [0, 0.05) is 12.6 Å². The first kappa shape index (κ1) is 17.9. The van der Waals surface area contributed by atoms with Crippen molar-refractivity contribution in [3.8, 4) is 0 Å². The largest absolute Gasteiger partial charge is 0.398 e. The number of hydrogen-bond donors (Lipinski definition) is 2. The van der Waals surface area contributed by atoms with Crippen LogP contribution >= 0.6 is 0 Å². The molecule has 1 unspecified atom stereocenters. The Labute approximate surface area is 128 Å². The van der Waals surface area contributed by atoms with Gasteiger partial charge in [-0.15, -0.1) is 0 Å². The average Bonchev–Trinajstić information content (AvgIpc) is 2.24. The third kappa shape index (κ3) is 5.30.